The van der Waals surface area contributed by atoms with E-state index in [9.17, 15) is 10.1 Å². The van der Waals surface area contributed by atoms with Crippen molar-refractivity contribution in [3.05, 3.63) is 58.1 Å². The van der Waals surface area contributed by atoms with Crippen LogP contribution in [0.2, 0.25) is 0 Å². The van der Waals surface area contributed by atoms with Gasteiger partial charge in [-0.3, -0.25) is 10.1 Å². The number of non-ortho nitro benzene ring substituents is 1. The van der Waals surface area contributed by atoms with Crippen LogP contribution in [0.5, 0.6) is 11.5 Å². The van der Waals surface area contributed by atoms with Crippen molar-refractivity contribution < 1.29 is 9.66 Å². The molecule has 0 radical (unpaired) electrons. The van der Waals surface area contributed by atoms with Crippen molar-refractivity contribution in [1.29, 1.82) is 0 Å². The molecule has 0 aliphatic carbocycles. The highest BCUT2D eigenvalue weighted by atomic mass is 16.6. The van der Waals surface area contributed by atoms with Gasteiger partial charge < -0.3 is 10.1 Å². The zero-order chi connectivity index (χ0) is 13.8. The lowest BCUT2D eigenvalue weighted by Gasteiger charge is -2.08. The molecule has 19 heavy (non-hydrogen) atoms. The smallest absolute Gasteiger partial charge is 0.275 e. The monoisotopic (exact) mass is 258 g/mol. The van der Waals surface area contributed by atoms with Gasteiger partial charge in [-0.2, -0.15) is 0 Å². The van der Waals surface area contributed by atoms with Crippen LogP contribution in [0.25, 0.3) is 0 Å². The Morgan fingerprint density at radius 3 is 2.37 bits per heavy atom. The fourth-order valence-corrected chi connectivity index (χ4v) is 1.63. The Morgan fingerprint density at radius 2 is 1.79 bits per heavy atom. The number of benzene rings is 2. The molecule has 0 spiro atoms. The number of hydrogen-bond donors (Lipinski definition) is 1. The number of nitrogens with zero attached hydrogens (tertiary/aromatic N) is 1. The molecule has 0 fully saturated rings. The van der Waals surface area contributed by atoms with Crippen molar-refractivity contribution in [2.75, 3.05) is 12.4 Å². The lowest BCUT2D eigenvalue weighted by atomic mass is 10.2. The first-order valence-electron chi connectivity index (χ1n) is 5.80. The maximum absolute atomic E-state index is 10.8. The number of nitrogens with one attached hydrogen (secondary N) is 1. The number of nitro groups is 1. The molecule has 0 unspecified atom stereocenters. The van der Waals surface area contributed by atoms with Gasteiger partial charge in [0.25, 0.3) is 5.69 Å². The number of aryl methyl sites for hydroxylation is 1. The molecule has 1 N–H and O–H groups in total. The summed E-state index contributed by atoms with van der Waals surface area (Å²) in [7, 11) is 1.70. The van der Waals surface area contributed by atoms with Crippen LogP contribution in [0.15, 0.2) is 42.5 Å². The quantitative estimate of drug-likeness (QED) is 0.670. The summed E-state index contributed by atoms with van der Waals surface area (Å²) in [6, 6.07) is 12.1. The van der Waals surface area contributed by atoms with Crippen molar-refractivity contribution in [3.63, 3.8) is 0 Å². The van der Waals surface area contributed by atoms with E-state index in [1.165, 1.54) is 12.1 Å². The molecule has 0 saturated heterocycles. The van der Waals surface area contributed by atoms with Crippen LogP contribution in [0.3, 0.4) is 0 Å². The predicted octanol–water partition coefficient (Wildman–Crippen LogP) is 3.74. The van der Waals surface area contributed by atoms with Crippen LogP contribution < -0.4 is 10.1 Å². The highest BCUT2D eigenvalue weighted by Gasteiger charge is 2.10. The molecule has 0 aliphatic rings. The number of ether oxygens (including phenoxy) is 1. The minimum absolute atomic E-state index is 0.00559. The first-order chi connectivity index (χ1) is 9.08. The van der Waals surface area contributed by atoms with E-state index in [2.05, 4.69) is 5.32 Å². The highest BCUT2D eigenvalue weighted by Crippen LogP contribution is 2.29. The van der Waals surface area contributed by atoms with E-state index in [4.69, 9.17) is 4.74 Å². The fraction of sp³-hybridized carbons (Fsp3) is 0.143. The van der Waals surface area contributed by atoms with Crippen molar-refractivity contribution in [1.82, 2.24) is 0 Å². The van der Waals surface area contributed by atoms with Gasteiger partial charge in [0.2, 0.25) is 0 Å². The van der Waals surface area contributed by atoms with Crippen LogP contribution in [-0.2, 0) is 0 Å². The van der Waals surface area contributed by atoms with Gasteiger partial charge in [0.05, 0.1) is 11.0 Å². The Kier molecular flexibility index (Phi) is 3.66. The summed E-state index contributed by atoms with van der Waals surface area (Å²) < 4.78 is 5.62. The molecule has 2 aromatic carbocycles. The van der Waals surface area contributed by atoms with Crippen LogP contribution in [0.1, 0.15) is 5.56 Å². The number of rotatable bonds is 4. The molecule has 0 amide bonds. The summed E-state index contributed by atoms with van der Waals surface area (Å²) in [5, 5.41) is 13.7. The summed E-state index contributed by atoms with van der Waals surface area (Å²) in [6.45, 7) is 1.98. The van der Waals surface area contributed by atoms with Gasteiger partial charge in [-0.25, -0.2) is 0 Å². The van der Waals surface area contributed by atoms with Gasteiger partial charge in [0.15, 0.2) is 0 Å². The summed E-state index contributed by atoms with van der Waals surface area (Å²) >= 11 is 0. The van der Waals surface area contributed by atoms with Gasteiger partial charge in [-0.1, -0.05) is 17.7 Å². The standard InChI is InChI=1S/C14H14N2O3/c1-10-3-5-13(6-4-10)19-14-8-11(15-2)7-12(9-14)16(17)18/h3-9,15H,1-2H3. The van der Waals surface area contributed by atoms with Gasteiger partial charge in [0.1, 0.15) is 11.5 Å². The van der Waals surface area contributed by atoms with Crippen molar-refractivity contribution in [2.24, 2.45) is 0 Å². The molecule has 2 rings (SSSR count). The fourth-order valence-electron chi connectivity index (χ4n) is 1.63. The zero-order valence-electron chi connectivity index (χ0n) is 10.7. The van der Waals surface area contributed by atoms with E-state index >= 15 is 0 Å². The Bertz CT molecular complexity index is 594. The average Bonchev–Trinajstić information content (AvgIpc) is 2.41. The van der Waals surface area contributed by atoms with Crippen LogP contribution >= 0.6 is 0 Å². The normalized spacial score (nSPS) is 10.0. The molecule has 5 heteroatoms. The molecule has 0 aromatic heterocycles. The summed E-state index contributed by atoms with van der Waals surface area (Å²) in [4.78, 5) is 10.4. The van der Waals surface area contributed by atoms with E-state index in [-0.39, 0.29) is 5.69 Å². The van der Waals surface area contributed by atoms with E-state index in [1.54, 1.807) is 13.1 Å². The first-order valence-corrected chi connectivity index (χ1v) is 5.80. The molecule has 0 aliphatic heterocycles. The van der Waals surface area contributed by atoms with E-state index in [0.29, 0.717) is 17.2 Å². The molecular weight excluding hydrogens is 244 g/mol. The van der Waals surface area contributed by atoms with Gasteiger partial charge >= 0.3 is 0 Å². The van der Waals surface area contributed by atoms with E-state index < -0.39 is 4.92 Å². The molecule has 0 saturated carbocycles. The highest BCUT2D eigenvalue weighted by molar-refractivity contribution is 5.56. The first kappa shape index (κ1) is 12.9. The second-order valence-electron chi connectivity index (χ2n) is 4.14. The summed E-state index contributed by atoms with van der Waals surface area (Å²) in [5.41, 5.74) is 1.76. The SMILES string of the molecule is CNc1cc(Oc2ccc(C)cc2)cc([N+](=O)[O-])c1. The minimum atomic E-state index is -0.442. The number of anilines is 1. The molecular formula is C14H14N2O3. The van der Waals surface area contributed by atoms with E-state index in [0.717, 1.165) is 5.56 Å². The van der Waals surface area contributed by atoms with E-state index in [1.807, 2.05) is 31.2 Å². The Morgan fingerprint density at radius 1 is 1.11 bits per heavy atom. The third-order valence-corrected chi connectivity index (χ3v) is 2.65. The Balaban J connectivity index is 2.31. The summed E-state index contributed by atoms with van der Waals surface area (Å²) in [5.74, 6) is 1.08. The molecule has 98 valence electrons. The number of nitro benzene ring substituents is 1. The van der Waals surface area contributed by atoms with Crippen molar-refractivity contribution in [3.8, 4) is 11.5 Å². The zero-order valence-corrected chi connectivity index (χ0v) is 10.7. The minimum Gasteiger partial charge on any atom is -0.457 e. The maximum Gasteiger partial charge on any atom is 0.275 e. The molecule has 5 nitrogen and oxygen atoms in total. The largest absolute Gasteiger partial charge is 0.457 e. The predicted molar refractivity (Wildman–Crippen MR) is 73.9 cm³/mol. The lowest BCUT2D eigenvalue weighted by Crippen LogP contribution is -1.94. The van der Waals surface area contributed by atoms with Gasteiger partial charge in [-0.05, 0) is 19.1 Å². The average molecular weight is 258 g/mol. The van der Waals surface area contributed by atoms with Crippen LogP contribution in [0.4, 0.5) is 11.4 Å². The molecule has 2 aromatic rings. The maximum atomic E-state index is 10.8. The molecule has 0 bridgehead atoms. The third-order valence-electron chi connectivity index (χ3n) is 2.65. The van der Waals surface area contributed by atoms with Gasteiger partial charge in [-0.15, -0.1) is 0 Å². The van der Waals surface area contributed by atoms with Crippen LogP contribution in [0, 0.1) is 17.0 Å². The lowest BCUT2D eigenvalue weighted by molar-refractivity contribution is -0.384. The topological polar surface area (TPSA) is 64.4 Å². The van der Waals surface area contributed by atoms with Crippen LogP contribution in [-0.4, -0.2) is 12.0 Å². The number of hydrogen-bond acceptors (Lipinski definition) is 4. The third kappa shape index (κ3) is 3.22. The molecule has 0 heterocycles. The Labute approximate surface area is 111 Å². The van der Waals surface area contributed by atoms with Gasteiger partial charge in [0, 0.05) is 24.9 Å². The Hall–Kier alpha value is -2.56. The second kappa shape index (κ2) is 5.39. The van der Waals surface area contributed by atoms with Crippen molar-refractivity contribution >= 4 is 11.4 Å². The summed E-state index contributed by atoms with van der Waals surface area (Å²) in [6.07, 6.45) is 0. The van der Waals surface area contributed by atoms with Crippen molar-refractivity contribution in [2.45, 2.75) is 6.92 Å². The molecule has 0 atom stereocenters. The second-order valence-corrected chi connectivity index (χ2v) is 4.14.